The Morgan fingerprint density at radius 1 is 1.30 bits per heavy atom. The summed E-state index contributed by atoms with van der Waals surface area (Å²) in [5.41, 5.74) is 0. The minimum Gasteiger partial charge on any atom is -0.357 e. The molecule has 6 heteroatoms. The summed E-state index contributed by atoms with van der Waals surface area (Å²) in [5, 5.41) is 8.97. The van der Waals surface area contributed by atoms with Crippen molar-refractivity contribution < 1.29 is 0 Å². The van der Waals surface area contributed by atoms with Crippen molar-refractivity contribution >= 4 is 41.3 Å². The van der Waals surface area contributed by atoms with E-state index in [0.29, 0.717) is 6.04 Å². The Morgan fingerprint density at radius 2 is 2.09 bits per heavy atom. The van der Waals surface area contributed by atoms with E-state index in [1.807, 2.05) is 11.3 Å². The fourth-order valence-electron chi connectivity index (χ4n) is 2.82. The Kier molecular flexibility index (Phi) is 10.9. The number of rotatable bonds is 8. The molecule has 1 aromatic heterocycles. The third kappa shape index (κ3) is 6.97. The van der Waals surface area contributed by atoms with Crippen LogP contribution < -0.4 is 10.6 Å². The van der Waals surface area contributed by atoms with E-state index in [1.165, 1.54) is 43.6 Å². The first-order valence-electron chi connectivity index (χ1n) is 8.64. The third-order valence-electron chi connectivity index (χ3n) is 4.04. The van der Waals surface area contributed by atoms with E-state index in [2.05, 4.69) is 46.9 Å². The molecule has 2 heterocycles. The molecule has 4 nitrogen and oxygen atoms in total. The minimum absolute atomic E-state index is 0. The number of nitrogens with zero attached hydrogens (tertiary/aromatic N) is 2. The highest BCUT2D eigenvalue weighted by atomic mass is 127. The van der Waals surface area contributed by atoms with Crippen molar-refractivity contribution in [1.29, 1.82) is 0 Å². The average molecular weight is 450 g/mol. The molecule has 1 atom stereocenters. The van der Waals surface area contributed by atoms with Gasteiger partial charge in [-0.25, -0.2) is 0 Å². The minimum atomic E-state index is 0. The lowest BCUT2D eigenvalue weighted by atomic mass is 10.2. The van der Waals surface area contributed by atoms with Crippen molar-refractivity contribution in [3.8, 4) is 0 Å². The van der Waals surface area contributed by atoms with Crippen LogP contribution in [0, 0.1) is 0 Å². The highest BCUT2D eigenvalue weighted by Gasteiger charge is 2.24. The van der Waals surface area contributed by atoms with E-state index >= 15 is 0 Å². The van der Waals surface area contributed by atoms with Crippen LogP contribution in [0.5, 0.6) is 0 Å². The molecule has 0 spiro atoms. The maximum atomic E-state index is 4.85. The Hall–Kier alpha value is -0.340. The maximum absolute atomic E-state index is 4.85. The molecule has 1 fully saturated rings. The van der Waals surface area contributed by atoms with Crippen molar-refractivity contribution in [1.82, 2.24) is 15.5 Å². The number of hydrogen-bond acceptors (Lipinski definition) is 3. The second-order valence-corrected chi connectivity index (χ2v) is 6.75. The van der Waals surface area contributed by atoms with Crippen LogP contribution in [0.2, 0.25) is 0 Å². The summed E-state index contributed by atoms with van der Waals surface area (Å²) in [7, 11) is 0. The fraction of sp³-hybridized carbons (Fsp3) is 0.706. The average Bonchev–Trinajstić information content (AvgIpc) is 3.21. The first kappa shape index (κ1) is 20.7. The molecule has 0 aliphatic carbocycles. The molecular formula is C17H31IN4S. The van der Waals surface area contributed by atoms with Gasteiger partial charge < -0.3 is 10.6 Å². The van der Waals surface area contributed by atoms with Crippen molar-refractivity contribution in [2.45, 2.75) is 45.6 Å². The molecule has 0 bridgehead atoms. The first-order valence-corrected chi connectivity index (χ1v) is 9.52. The van der Waals surface area contributed by atoms with Crippen molar-refractivity contribution in [2.24, 2.45) is 4.99 Å². The zero-order valence-electron chi connectivity index (χ0n) is 14.4. The van der Waals surface area contributed by atoms with Gasteiger partial charge in [0, 0.05) is 18.0 Å². The highest BCUT2D eigenvalue weighted by molar-refractivity contribution is 14.0. The van der Waals surface area contributed by atoms with Crippen LogP contribution in [0.4, 0.5) is 0 Å². The summed E-state index contributed by atoms with van der Waals surface area (Å²) in [6, 6.07) is 4.84. The molecule has 0 radical (unpaired) electrons. The maximum Gasteiger partial charge on any atom is 0.191 e. The van der Waals surface area contributed by atoms with Gasteiger partial charge in [-0.2, -0.15) is 0 Å². The van der Waals surface area contributed by atoms with Crippen LogP contribution in [-0.4, -0.2) is 43.6 Å². The lowest BCUT2D eigenvalue weighted by Gasteiger charge is -2.25. The van der Waals surface area contributed by atoms with Gasteiger partial charge in [0.25, 0.3) is 0 Å². The third-order valence-corrected chi connectivity index (χ3v) is 5.02. The molecular weight excluding hydrogens is 419 g/mol. The summed E-state index contributed by atoms with van der Waals surface area (Å²) in [6.07, 6.45) is 5.03. The molecule has 1 aliphatic rings. The van der Waals surface area contributed by atoms with Gasteiger partial charge in [-0.1, -0.05) is 19.4 Å². The summed E-state index contributed by atoms with van der Waals surface area (Å²) < 4.78 is 0. The standard InChI is InChI=1S/C17H30N4S.HI/c1-3-5-10-19-17(18-4-2)20-14-15(16-9-8-13-22-16)21-11-6-7-12-21;/h8-9,13,15H,3-7,10-12,14H2,1-2H3,(H2,18,19,20);1H. The van der Waals surface area contributed by atoms with Gasteiger partial charge in [-0.05, 0) is 50.7 Å². The summed E-state index contributed by atoms with van der Waals surface area (Å²) in [5.74, 6) is 0.955. The van der Waals surface area contributed by atoms with Gasteiger partial charge in [0.15, 0.2) is 5.96 Å². The topological polar surface area (TPSA) is 39.7 Å². The monoisotopic (exact) mass is 450 g/mol. The lowest BCUT2D eigenvalue weighted by Crippen LogP contribution is -2.38. The predicted octanol–water partition coefficient (Wildman–Crippen LogP) is 3.86. The van der Waals surface area contributed by atoms with E-state index in [-0.39, 0.29) is 24.0 Å². The van der Waals surface area contributed by atoms with Gasteiger partial charge in [0.2, 0.25) is 0 Å². The van der Waals surface area contributed by atoms with E-state index in [1.54, 1.807) is 0 Å². The number of likely N-dealkylation sites (tertiary alicyclic amines) is 1. The number of aliphatic imine (C=N–C) groups is 1. The molecule has 0 amide bonds. The van der Waals surface area contributed by atoms with Gasteiger partial charge in [-0.3, -0.25) is 9.89 Å². The lowest BCUT2D eigenvalue weighted by molar-refractivity contribution is 0.255. The van der Waals surface area contributed by atoms with Crippen LogP contribution in [-0.2, 0) is 0 Å². The summed E-state index contributed by atoms with van der Waals surface area (Å²) in [4.78, 5) is 8.87. The molecule has 1 aromatic rings. The number of hydrogen-bond donors (Lipinski definition) is 2. The molecule has 2 rings (SSSR count). The molecule has 2 N–H and O–H groups in total. The van der Waals surface area contributed by atoms with Crippen LogP contribution >= 0.6 is 35.3 Å². The molecule has 1 saturated heterocycles. The molecule has 132 valence electrons. The van der Waals surface area contributed by atoms with Crippen LogP contribution in [0.1, 0.15) is 50.4 Å². The largest absolute Gasteiger partial charge is 0.357 e. The Labute approximate surface area is 162 Å². The molecule has 0 saturated carbocycles. The van der Waals surface area contributed by atoms with Crippen molar-refractivity contribution in [3.05, 3.63) is 22.4 Å². The van der Waals surface area contributed by atoms with E-state index in [4.69, 9.17) is 4.99 Å². The van der Waals surface area contributed by atoms with E-state index in [0.717, 1.165) is 25.6 Å². The number of thiophene rings is 1. The van der Waals surface area contributed by atoms with E-state index in [9.17, 15) is 0 Å². The van der Waals surface area contributed by atoms with Crippen LogP contribution in [0.15, 0.2) is 22.5 Å². The summed E-state index contributed by atoms with van der Waals surface area (Å²) in [6.45, 7) is 9.49. The molecule has 0 aromatic carbocycles. The SMILES string of the molecule is CCCCNC(=NCC(c1cccs1)N1CCCC1)NCC.I. The van der Waals surface area contributed by atoms with Crippen molar-refractivity contribution in [2.75, 3.05) is 32.7 Å². The second-order valence-electron chi connectivity index (χ2n) is 5.77. The zero-order chi connectivity index (χ0) is 15.6. The second kappa shape index (κ2) is 12.1. The quantitative estimate of drug-likeness (QED) is 0.274. The predicted molar refractivity (Wildman–Crippen MR) is 112 cm³/mol. The number of nitrogens with one attached hydrogen (secondary N) is 2. The van der Waals surface area contributed by atoms with Crippen LogP contribution in [0.25, 0.3) is 0 Å². The van der Waals surface area contributed by atoms with Gasteiger partial charge in [0.1, 0.15) is 0 Å². The zero-order valence-corrected chi connectivity index (χ0v) is 17.5. The molecule has 1 unspecified atom stereocenters. The first-order chi connectivity index (χ1) is 10.8. The molecule has 23 heavy (non-hydrogen) atoms. The highest BCUT2D eigenvalue weighted by Crippen LogP contribution is 2.28. The number of halogens is 1. The number of guanidine groups is 1. The normalized spacial score (nSPS) is 16.9. The van der Waals surface area contributed by atoms with E-state index < -0.39 is 0 Å². The Morgan fingerprint density at radius 3 is 2.70 bits per heavy atom. The van der Waals surface area contributed by atoms with Gasteiger partial charge >= 0.3 is 0 Å². The summed E-state index contributed by atoms with van der Waals surface area (Å²) >= 11 is 1.85. The van der Waals surface area contributed by atoms with Gasteiger partial charge in [-0.15, -0.1) is 35.3 Å². The fourth-order valence-corrected chi connectivity index (χ4v) is 3.67. The van der Waals surface area contributed by atoms with Crippen LogP contribution in [0.3, 0.4) is 0 Å². The smallest absolute Gasteiger partial charge is 0.191 e. The molecule has 1 aliphatic heterocycles. The Bertz CT molecular complexity index is 430. The van der Waals surface area contributed by atoms with Crippen molar-refractivity contribution in [3.63, 3.8) is 0 Å². The van der Waals surface area contributed by atoms with Gasteiger partial charge in [0.05, 0.1) is 12.6 Å². The Balaban J connectivity index is 0.00000264. The number of unbranched alkanes of at least 4 members (excludes halogenated alkanes) is 1.